The molecule has 11 atom stereocenters. The number of carboxylic acid groups (broad SMARTS) is 1. The molecule has 0 aromatic rings. The van der Waals surface area contributed by atoms with Gasteiger partial charge >= 0.3 is 5.97 Å². The molecule has 11 N–H and O–H groups in total. The minimum Gasteiger partial charge on any atom is -0.477 e. The molecule has 204 valence electrons. The van der Waals surface area contributed by atoms with Crippen molar-refractivity contribution in [2.75, 3.05) is 26.4 Å². The van der Waals surface area contributed by atoms with Crippen molar-refractivity contribution in [1.82, 2.24) is 5.32 Å². The van der Waals surface area contributed by atoms with E-state index in [-0.39, 0.29) is 13.2 Å². The molecule has 0 aliphatic carbocycles. The summed E-state index contributed by atoms with van der Waals surface area (Å²) in [5.41, 5.74) is 5.33. The normalized spacial score (nSPS) is 39.6. The molecule has 0 bridgehead atoms. The van der Waals surface area contributed by atoms with Gasteiger partial charge in [-0.3, -0.25) is 4.79 Å². The molecule has 2 aliphatic rings. The van der Waals surface area contributed by atoms with Gasteiger partial charge in [0.15, 0.2) is 6.29 Å². The van der Waals surface area contributed by atoms with E-state index in [1.807, 2.05) is 0 Å². The standard InChI is InChI=1S/C19H34N2O14/c1-7(23)21-11-8(24)4-19(18(30)31,35-16(11)12(26)9(25)5-22)33-6-10-13(27)14(28)15(29)17(34-10)32-3-2-20/h8-17,22,24-29H,2-6,20H2,1H3,(H,21,23)(H,30,31)/t8?,9-,10?,11?,12-,13?,14?,15?,16?,17?,19?/m1/s1. The number of carbonyl (C=O) groups excluding carboxylic acids is 1. The van der Waals surface area contributed by atoms with Crippen LogP contribution in [0.4, 0.5) is 0 Å². The molecule has 9 unspecified atom stereocenters. The summed E-state index contributed by atoms with van der Waals surface area (Å²) in [4.78, 5) is 23.7. The molecule has 0 aromatic heterocycles. The number of hydrogen-bond donors (Lipinski definition) is 10. The fourth-order valence-corrected chi connectivity index (χ4v) is 3.87. The quantitative estimate of drug-likeness (QED) is 0.123. The zero-order chi connectivity index (χ0) is 26.5. The fourth-order valence-electron chi connectivity index (χ4n) is 3.87. The van der Waals surface area contributed by atoms with Crippen molar-refractivity contribution in [3.05, 3.63) is 0 Å². The highest BCUT2D eigenvalue weighted by Gasteiger charge is 2.56. The highest BCUT2D eigenvalue weighted by molar-refractivity contribution is 5.76. The number of hydrogen-bond acceptors (Lipinski definition) is 14. The van der Waals surface area contributed by atoms with Crippen LogP contribution in [-0.2, 0) is 28.5 Å². The molecule has 0 spiro atoms. The van der Waals surface area contributed by atoms with Crippen LogP contribution in [0.25, 0.3) is 0 Å². The van der Waals surface area contributed by atoms with E-state index in [4.69, 9.17) is 24.7 Å². The van der Waals surface area contributed by atoms with E-state index < -0.39 is 98.5 Å². The summed E-state index contributed by atoms with van der Waals surface area (Å²) in [6.45, 7) is -0.623. The van der Waals surface area contributed by atoms with Gasteiger partial charge in [-0.05, 0) is 0 Å². The van der Waals surface area contributed by atoms with Gasteiger partial charge in [0.05, 0.1) is 32.0 Å². The first-order valence-electron chi connectivity index (χ1n) is 10.9. The Bertz CT molecular complexity index is 715. The summed E-state index contributed by atoms with van der Waals surface area (Å²) in [5, 5.41) is 82.6. The first-order chi connectivity index (χ1) is 16.4. The Hall–Kier alpha value is -1.54. The summed E-state index contributed by atoms with van der Waals surface area (Å²) >= 11 is 0. The largest absolute Gasteiger partial charge is 0.477 e. The molecule has 0 saturated carbocycles. The predicted octanol–water partition coefficient (Wildman–Crippen LogP) is -6.06. The number of aliphatic hydroxyl groups excluding tert-OH is 7. The van der Waals surface area contributed by atoms with Gasteiger partial charge in [-0.1, -0.05) is 0 Å². The van der Waals surface area contributed by atoms with Crippen LogP contribution in [0.15, 0.2) is 0 Å². The number of carboxylic acids is 1. The molecule has 2 heterocycles. The summed E-state index contributed by atoms with van der Waals surface area (Å²) in [6.07, 6.45) is -16.0. The zero-order valence-corrected chi connectivity index (χ0v) is 18.9. The third-order valence-electron chi connectivity index (χ3n) is 5.74. The van der Waals surface area contributed by atoms with Gasteiger partial charge in [0.25, 0.3) is 5.79 Å². The second kappa shape index (κ2) is 12.6. The monoisotopic (exact) mass is 514 g/mol. The fraction of sp³-hybridized carbons (Fsp3) is 0.895. The minimum atomic E-state index is -2.67. The number of aliphatic carboxylic acids is 1. The first kappa shape index (κ1) is 29.7. The molecular weight excluding hydrogens is 480 g/mol. The number of ether oxygens (including phenoxy) is 4. The molecule has 2 fully saturated rings. The van der Waals surface area contributed by atoms with Crippen molar-refractivity contribution >= 4 is 11.9 Å². The maximum Gasteiger partial charge on any atom is 0.364 e. The third-order valence-corrected chi connectivity index (χ3v) is 5.74. The number of nitrogens with one attached hydrogen (secondary N) is 1. The third kappa shape index (κ3) is 6.82. The second-order valence-electron chi connectivity index (χ2n) is 8.36. The molecular formula is C19H34N2O14. The van der Waals surface area contributed by atoms with Crippen LogP contribution in [0.1, 0.15) is 13.3 Å². The Morgan fingerprint density at radius 3 is 2.37 bits per heavy atom. The zero-order valence-electron chi connectivity index (χ0n) is 18.9. The van der Waals surface area contributed by atoms with Gasteiger partial charge < -0.3 is 70.9 Å². The van der Waals surface area contributed by atoms with Crippen LogP contribution >= 0.6 is 0 Å². The Balaban J connectivity index is 2.26. The van der Waals surface area contributed by atoms with Crippen molar-refractivity contribution in [2.24, 2.45) is 5.73 Å². The average Bonchev–Trinajstić information content (AvgIpc) is 2.81. The maximum absolute atomic E-state index is 12.2. The van der Waals surface area contributed by atoms with E-state index >= 15 is 0 Å². The van der Waals surface area contributed by atoms with Crippen molar-refractivity contribution < 1.29 is 69.4 Å². The number of nitrogens with two attached hydrogens (primary N) is 1. The van der Waals surface area contributed by atoms with E-state index in [1.165, 1.54) is 0 Å². The lowest BCUT2D eigenvalue weighted by molar-refractivity contribution is -0.338. The molecule has 2 aliphatic heterocycles. The van der Waals surface area contributed by atoms with Crippen molar-refractivity contribution in [3.8, 4) is 0 Å². The van der Waals surface area contributed by atoms with Gasteiger partial charge in [-0.2, -0.15) is 0 Å². The lowest BCUT2D eigenvalue weighted by Crippen LogP contribution is -2.68. The van der Waals surface area contributed by atoms with Crippen LogP contribution in [0.2, 0.25) is 0 Å². The van der Waals surface area contributed by atoms with E-state index in [9.17, 15) is 50.4 Å². The highest BCUT2D eigenvalue weighted by atomic mass is 16.7. The molecule has 2 rings (SSSR count). The lowest BCUT2D eigenvalue weighted by Gasteiger charge is -2.47. The maximum atomic E-state index is 12.2. The molecule has 16 nitrogen and oxygen atoms in total. The number of rotatable bonds is 11. The SMILES string of the molecule is CC(=O)NC1C(O)CC(OCC2OC(OCCN)C(O)C(O)C2O)(C(=O)O)OC1[C@H](O)[C@H](O)CO. The molecule has 1 amide bonds. The van der Waals surface area contributed by atoms with Crippen LogP contribution in [-0.4, -0.2) is 146 Å². The van der Waals surface area contributed by atoms with Gasteiger partial charge in [0.1, 0.15) is 42.7 Å². The predicted molar refractivity (Wildman–Crippen MR) is 110 cm³/mol. The lowest BCUT2D eigenvalue weighted by atomic mass is 9.88. The van der Waals surface area contributed by atoms with Gasteiger partial charge in [-0.25, -0.2) is 4.79 Å². The van der Waals surface area contributed by atoms with Gasteiger partial charge in [-0.15, -0.1) is 0 Å². The van der Waals surface area contributed by atoms with Gasteiger partial charge in [0, 0.05) is 19.9 Å². The molecule has 2 saturated heterocycles. The highest BCUT2D eigenvalue weighted by Crippen LogP contribution is 2.34. The molecule has 35 heavy (non-hydrogen) atoms. The Kier molecular flexibility index (Phi) is 10.7. The summed E-state index contributed by atoms with van der Waals surface area (Å²) in [5.74, 6) is -5.10. The van der Waals surface area contributed by atoms with Crippen LogP contribution in [0.3, 0.4) is 0 Å². The number of carbonyl (C=O) groups is 2. The molecule has 0 radical (unpaired) electrons. The van der Waals surface area contributed by atoms with Crippen LogP contribution in [0.5, 0.6) is 0 Å². The van der Waals surface area contributed by atoms with Crippen molar-refractivity contribution in [1.29, 1.82) is 0 Å². The van der Waals surface area contributed by atoms with Crippen LogP contribution < -0.4 is 11.1 Å². The molecule has 16 heteroatoms. The summed E-state index contributed by atoms with van der Waals surface area (Å²) in [6, 6.07) is -1.39. The van der Waals surface area contributed by atoms with E-state index in [0.717, 1.165) is 6.92 Å². The van der Waals surface area contributed by atoms with E-state index in [2.05, 4.69) is 5.32 Å². The Morgan fingerprint density at radius 1 is 1.17 bits per heavy atom. The average molecular weight is 514 g/mol. The van der Waals surface area contributed by atoms with E-state index in [1.54, 1.807) is 0 Å². The topological polar surface area (TPSA) is 271 Å². The van der Waals surface area contributed by atoms with Crippen molar-refractivity contribution in [3.63, 3.8) is 0 Å². The Morgan fingerprint density at radius 2 is 1.83 bits per heavy atom. The minimum absolute atomic E-state index is 0.0547. The van der Waals surface area contributed by atoms with Crippen molar-refractivity contribution in [2.45, 2.75) is 80.3 Å². The second-order valence-corrected chi connectivity index (χ2v) is 8.36. The smallest absolute Gasteiger partial charge is 0.364 e. The summed E-state index contributed by atoms with van der Waals surface area (Å²) < 4.78 is 21.4. The molecule has 0 aromatic carbocycles. The summed E-state index contributed by atoms with van der Waals surface area (Å²) in [7, 11) is 0. The van der Waals surface area contributed by atoms with E-state index in [0.29, 0.717) is 0 Å². The Labute approximate surface area is 199 Å². The van der Waals surface area contributed by atoms with Gasteiger partial charge in [0.2, 0.25) is 5.91 Å². The number of amides is 1. The van der Waals surface area contributed by atoms with Crippen LogP contribution in [0, 0.1) is 0 Å². The number of aliphatic hydroxyl groups is 7. The first-order valence-corrected chi connectivity index (χ1v) is 10.9.